The Morgan fingerprint density at radius 2 is 2.25 bits per heavy atom. The molecule has 0 bridgehead atoms. The summed E-state index contributed by atoms with van der Waals surface area (Å²) >= 11 is 4.91. The largest absolute Gasteiger partial charge is 0.496 e. The highest BCUT2D eigenvalue weighted by molar-refractivity contribution is 9.10. The molecule has 24 heavy (non-hydrogen) atoms. The number of benzene rings is 1. The summed E-state index contributed by atoms with van der Waals surface area (Å²) in [6.07, 6.45) is 1.26. The molecular weight excluding hydrogens is 396 g/mol. The number of nitrogens with zero attached hydrogens (tertiary/aromatic N) is 4. The summed E-state index contributed by atoms with van der Waals surface area (Å²) in [4.78, 5) is 19.2. The van der Waals surface area contributed by atoms with E-state index in [1.54, 1.807) is 14.0 Å². The molecule has 3 aromatic rings. The minimum atomic E-state index is -0.440. The molecule has 0 saturated heterocycles. The van der Waals surface area contributed by atoms with Gasteiger partial charge in [0.05, 0.1) is 18.4 Å². The second-order valence-electron chi connectivity index (χ2n) is 5.00. The number of aryl methyl sites for hydroxylation is 1. The van der Waals surface area contributed by atoms with Crippen LogP contribution in [0.4, 0.5) is 5.82 Å². The molecular formula is C15H13BrN4O3S. The minimum absolute atomic E-state index is 0.0397. The van der Waals surface area contributed by atoms with Gasteiger partial charge in [-0.05, 0) is 23.1 Å². The Morgan fingerprint density at radius 3 is 2.96 bits per heavy atom. The van der Waals surface area contributed by atoms with Crippen molar-refractivity contribution in [3.8, 4) is 16.3 Å². The molecule has 0 saturated carbocycles. The highest BCUT2D eigenvalue weighted by Gasteiger charge is 2.19. The van der Waals surface area contributed by atoms with Crippen molar-refractivity contribution in [1.29, 1.82) is 0 Å². The van der Waals surface area contributed by atoms with E-state index < -0.39 is 4.92 Å². The third-order valence-corrected chi connectivity index (χ3v) is 4.90. The summed E-state index contributed by atoms with van der Waals surface area (Å²) in [6.45, 7) is 2.03. The number of nitro groups is 1. The molecule has 0 N–H and O–H groups in total. The third kappa shape index (κ3) is 3.17. The van der Waals surface area contributed by atoms with Gasteiger partial charge in [0.2, 0.25) is 0 Å². The number of aromatic nitrogens is 3. The Hall–Kier alpha value is -2.26. The number of methoxy groups -OCH3 is 1. The van der Waals surface area contributed by atoms with E-state index >= 15 is 0 Å². The topological polar surface area (TPSA) is 83.1 Å². The van der Waals surface area contributed by atoms with E-state index in [2.05, 4.69) is 25.9 Å². The SMILES string of the molecule is COc1ccc(Br)cc1-c1nc(Cn2c([N+](=O)[O-])cnc2C)cs1. The molecule has 1 aromatic carbocycles. The van der Waals surface area contributed by atoms with E-state index in [1.807, 2.05) is 23.6 Å². The Morgan fingerprint density at radius 1 is 1.46 bits per heavy atom. The fraction of sp³-hybridized carbons (Fsp3) is 0.200. The van der Waals surface area contributed by atoms with Crippen LogP contribution in [0.3, 0.4) is 0 Å². The zero-order valence-electron chi connectivity index (χ0n) is 12.9. The predicted octanol–water partition coefficient (Wildman–Crippen LogP) is 4.04. The van der Waals surface area contributed by atoms with Gasteiger partial charge < -0.3 is 14.9 Å². The van der Waals surface area contributed by atoms with Crippen molar-refractivity contribution >= 4 is 33.1 Å². The average molecular weight is 409 g/mol. The lowest BCUT2D eigenvalue weighted by Crippen LogP contribution is -2.06. The van der Waals surface area contributed by atoms with Gasteiger partial charge in [0.25, 0.3) is 0 Å². The maximum atomic E-state index is 11.1. The number of thiazole rings is 1. The van der Waals surface area contributed by atoms with Gasteiger partial charge in [0, 0.05) is 16.8 Å². The van der Waals surface area contributed by atoms with Crippen LogP contribution in [0.2, 0.25) is 0 Å². The molecule has 9 heteroatoms. The molecule has 3 rings (SSSR count). The molecule has 0 aliphatic carbocycles. The molecule has 0 spiro atoms. The number of rotatable bonds is 5. The zero-order valence-corrected chi connectivity index (χ0v) is 15.3. The van der Waals surface area contributed by atoms with Crippen molar-refractivity contribution in [3.05, 3.63) is 55.9 Å². The van der Waals surface area contributed by atoms with Gasteiger partial charge in [0.15, 0.2) is 5.82 Å². The lowest BCUT2D eigenvalue weighted by Gasteiger charge is -2.06. The lowest BCUT2D eigenvalue weighted by atomic mass is 10.2. The maximum absolute atomic E-state index is 11.1. The molecule has 124 valence electrons. The predicted molar refractivity (Wildman–Crippen MR) is 94.5 cm³/mol. The summed E-state index contributed by atoms with van der Waals surface area (Å²) in [5.41, 5.74) is 1.61. The van der Waals surface area contributed by atoms with Crippen molar-refractivity contribution in [2.45, 2.75) is 13.5 Å². The van der Waals surface area contributed by atoms with Crippen LogP contribution in [-0.2, 0) is 6.54 Å². The monoisotopic (exact) mass is 408 g/mol. The summed E-state index contributed by atoms with van der Waals surface area (Å²) in [5, 5.41) is 13.8. The fourth-order valence-corrected chi connectivity index (χ4v) is 3.50. The van der Waals surface area contributed by atoms with Crippen LogP contribution >= 0.6 is 27.3 Å². The summed E-state index contributed by atoms with van der Waals surface area (Å²) in [6, 6.07) is 5.70. The molecule has 2 aromatic heterocycles. The molecule has 0 amide bonds. The fourth-order valence-electron chi connectivity index (χ4n) is 2.31. The van der Waals surface area contributed by atoms with Crippen LogP contribution in [0.15, 0.2) is 34.2 Å². The average Bonchev–Trinajstić information content (AvgIpc) is 3.15. The number of imidazole rings is 1. The molecule has 0 aliphatic heterocycles. The van der Waals surface area contributed by atoms with E-state index in [0.29, 0.717) is 12.4 Å². The van der Waals surface area contributed by atoms with Gasteiger partial charge in [0.1, 0.15) is 23.5 Å². The van der Waals surface area contributed by atoms with Crippen LogP contribution in [0.5, 0.6) is 5.75 Å². The second kappa shape index (κ2) is 6.70. The Labute approximate surface area is 150 Å². The van der Waals surface area contributed by atoms with Crippen LogP contribution in [0.25, 0.3) is 10.6 Å². The van der Waals surface area contributed by atoms with E-state index in [1.165, 1.54) is 22.1 Å². The highest BCUT2D eigenvalue weighted by atomic mass is 79.9. The van der Waals surface area contributed by atoms with Gasteiger partial charge in [-0.3, -0.25) is 0 Å². The molecule has 0 fully saturated rings. The molecule has 0 radical (unpaired) electrons. The van der Waals surface area contributed by atoms with Crippen molar-refractivity contribution < 1.29 is 9.66 Å². The highest BCUT2D eigenvalue weighted by Crippen LogP contribution is 2.34. The van der Waals surface area contributed by atoms with Gasteiger partial charge >= 0.3 is 5.82 Å². The van der Waals surface area contributed by atoms with Crippen LogP contribution in [-0.4, -0.2) is 26.6 Å². The standard InChI is InChI=1S/C15H13BrN4O3S/c1-9-17-6-14(20(21)22)19(9)7-11-8-24-15(18-11)12-5-10(16)3-4-13(12)23-2/h3-6,8H,7H2,1-2H3. The van der Waals surface area contributed by atoms with Gasteiger partial charge in [-0.1, -0.05) is 15.9 Å². The van der Waals surface area contributed by atoms with Gasteiger partial charge in [-0.2, -0.15) is 0 Å². The Bertz CT molecular complexity index is 906. The first kappa shape index (κ1) is 16.6. The minimum Gasteiger partial charge on any atom is -0.496 e. The van der Waals surface area contributed by atoms with Gasteiger partial charge in [-0.25, -0.2) is 14.5 Å². The smallest absolute Gasteiger partial charge is 0.343 e. The number of hydrogen-bond donors (Lipinski definition) is 0. The first-order chi connectivity index (χ1) is 11.5. The van der Waals surface area contributed by atoms with Crippen molar-refractivity contribution in [2.24, 2.45) is 0 Å². The van der Waals surface area contributed by atoms with Gasteiger partial charge in [-0.15, -0.1) is 11.3 Å². The normalized spacial score (nSPS) is 10.8. The van der Waals surface area contributed by atoms with E-state index in [-0.39, 0.29) is 5.82 Å². The van der Waals surface area contributed by atoms with Crippen molar-refractivity contribution in [1.82, 2.24) is 14.5 Å². The lowest BCUT2D eigenvalue weighted by molar-refractivity contribution is -0.392. The number of hydrogen-bond acceptors (Lipinski definition) is 6. The Kier molecular flexibility index (Phi) is 4.63. The second-order valence-corrected chi connectivity index (χ2v) is 6.77. The van der Waals surface area contributed by atoms with E-state index in [0.717, 1.165) is 26.5 Å². The van der Waals surface area contributed by atoms with E-state index in [9.17, 15) is 10.1 Å². The van der Waals surface area contributed by atoms with Crippen molar-refractivity contribution in [2.75, 3.05) is 7.11 Å². The first-order valence-electron chi connectivity index (χ1n) is 6.94. The number of halogens is 1. The molecule has 0 atom stereocenters. The first-order valence-corrected chi connectivity index (χ1v) is 8.61. The van der Waals surface area contributed by atoms with Crippen LogP contribution < -0.4 is 4.74 Å². The zero-order chi connectivity index (χ0) is 17.3. The Balaban J connectivity index is 1.94. The van der Waals surface area contributed by atoms with Crippen molar-refractivity contribution in [3.63, 3.8) is 0 Å². The quantitative estimate of drug-likeness (QED) is 0.469. The summed E-state index contributed by atoms with van der Waals surface area (Å²) in [5.74, 6) is 1.27. The third-order valence-electron chi connectivity index (χ3n) is 3.48. The van der Waals surface area contributed by atoms with Crippen LogP contribution in [0.1, 0.15) is 11.5 Å². The molecule has 7 nitrogen and oxygen atoms in total. The van der Waals surface area contributed by atoms with E-state index in [4.69, 9.17) is 4.74 Å². The number of ether oxygens (including phenoxy) is 1. The summed E-state index contributed by atoms with van der Waals surface area (Å²) in [7, 11) is 1.61. The molecule has 0 unspecified atom stereocenters. The molecule has 0 aliphatic rings. The summed E-state index contributed by atoms with van der Waals surface area (Å²) < 4.78 is 7.85. The molecule has 2 heterocycles. The maximum Gasteiger partial charge on any atom is 0.343 e. The van der Waals surface area contributed by atoms with Crippen LogP contribution in [0, 0.1) is 17.0 Å².